The second kappa shape index (κ2) is 2.29. The smallest absolute Gasteiger partial charge is 0.343 e. The van der Waals surface area contributed by atoms with Crippen LogP contribution in [0, 0.1) is 6.42 Å². The van der Waals surface area contributed by atoms with E-state index < -0.39 is 0 Å². The van der Waals surface area contributed by atoms with E-state index in [0.717, 1.165) is 5.75 Å². The Morgan fingerprint density at radius 1 is 1.83 bits per heavy atom. The summed E-state index contributed by atoms with van der Waals surface area (Å²) in [6.45, 7) is 1.85. The molecule has 0 atom stereocenters. The molecule has 0 saturated heterocycles. The normalized spacial score (nSPS) is 20.0. The zero-order valence-corrected chi connectivity index (χ0v) is 4.11. The third-order valence-corrected chi connectivity index (χ3v) is 1.18. The molecular formula is C3H4BNS. The summed E-state index contributed by atoms with van der Waals surface area (Å²) in [7, 11) is 0. The summed E-state index contributed by atoms with van der Waals surface area (Å²) >= 11 is 1.72. The average molecular weight is 97.0 g/mol. The predicted octanol–water partition coefficient (Wildman–Crippen LogP) is 0.542. The Hall–Kier alpha value is 0.0849. The van der Waals surface area contributed by atoms with Crippen LogP contribution in [0.15, 0.2) is 4.90 Å². The van der Waals surface area contributed by atoms with Crippen LogP contribution in [0.5, 0.6) is 0 Å². The van der Waals surface area contributed by atoms with Gasteiger partial charge in [-0.1, -0.05) is 0 Å². The van der Waals surface area contributed by atoms with Crippen LogP contribution < -0.4 is 0 Å². The van der Waals surface area contributed by atoms with E-state index in [1.54, 1.807) is 11.6 Å². The summed E-state index contributed by atoms with van der Waals surface area (Å²) < 4.78 is 0. The first-order valence-corrected chi connectivity index (χ1v) is 2.83. The van der Waals surface area contributed by atoms with Crippen molar-refractivity contribution in [3.63, 3.8) is 0 Å². The van der Waals surface area contributed by atoms with Gasteiger partial charge in [-0.05, 0) is 12.0 Å². The van der Waals surface area contributed by atoms with E-state index in [1.807, 2.05) is 19.3 Å². The maximum atomic E-state index is 3.83. The highest BCUT2D eigenvalue weighted by atomic mass is 32.2. The van der Waals surface area contributed by atoms with E-state index in [1.165, 1.54) is 0 Å². The molecule has 0 aromatic rings. The van der Waals surface area contributed by atoms with Gasteiger partial charge in [0.2, 0.25) is 0 Å². The summed E-state index contributed by atoms with van der Waals surface area (Å²) in [5.74, 6) is 1.09. The molecule has 30 valence electrons. The Bertz CT molecular complexity index is 55.8. The van der Waals surface area contributed by atoms with Gasteiger partial charge in [0.05, 0.1) is 0 Å². The molecule has 0 fully saturated rings. The summed E-state index contributed by atoms with van der Waals surface area (Å²) in [6, 6.07) is 0. The summed E-state index contributed by atoms with van der Waals surface area (Å²) in [5.41, 5.74) is 0. The van der Waals surface area contributed by atoms with Crippen LogP contribution in [-0.2, 0) is 0 Å². The van der Waals surface area contributed by atoms with Gasteiger partial charge < -0.3 is 4.90 Å². The van der Waals surface area contributed by atoms with Crippen molar-refractivity contribution in [2.75, 3.05) is 5.75 Å². The Morgan fingerprint density at radius 2 is 2.83 bits per heavy atom. The largest absolute Gasteiger partial charge is 0.349 e. The second-order valence-corrected chi connectivity index (χ2v) is 1.85. The number of hydrogen-bond donors (Lipinski definition) is 0. The Labute approximate surface area is 42.4 Å². The molecule has 2 radical (unpaired) electrons. The zero-order valence-electron chi connectivity index (χ0n) is 3.29. The van der Waals surface area contributed by atoms with Gasteiger partial charge in [0, 0.05) is 6.42 Å². The Kier molecular flexibility index (Phi) is 1.62. The minimum atomic E-state index is 1.09. The van der Waals surface area contributed by atoms with Gasteiger partial charge in [0.15, 0.2) is 0 Å². The molecular weight excluding hydrogens is 92.9 g/mol. The van der Waals surface area contributed by atoms with Crippen molar-refractivity contribution in [1.82, 2.24) is 0 Å². The number of hydrogen-bond acceptors (Lipinski definition) is 2. The molecule has 0 amide bonds. The van der Waals surface area contributed by atoms with E-state index in [2.05, 4.69) is 4.90 Å². The first-order chi connectivity index (χ1) is 3.00. The van der Waals surface area contributed by atoms with E-state index in [0.29, 0.717) is 0 Å². The van der Waals surface area contributed by atoms with Gasteiger partial charge in [-0.15, -0.1) is 0 Å². The van der Waals surface area contributed by atoms with Crippen molar-refractivity contribution in [2.24, 2.45) is 4.90 Å². The Balaban J connectivity index is 2.26. The topological polar surface area (TPSA) is 12.4 Å². The standard InChI is InChI=1S/C3H4BNS/c1-2-5-4-6-3-1/h1-2H,3H2. The first-order valence-electron chi connectivity index (χ1n) is 1.78. The van der Waals surface area contributed by atoms with Crippen molar-refractivity contribution in [2.45, 2.75) is 0 Å². The summed E-state index contributed by atoms with van der Waals surface area (Å²) in [6.07, 6.45) is 3.85. The maximum Gasteiger partial charge on any atom is 0.349 e. The number of nitrogens with zero attached hydrogens (tertiary/aromatic N) is 1. The van der Waals surface area contributed by atoms with Gasteiger partial charge in [-0.25, -0.2) is 0 Å². The van der Waals surface area contributed by atoms with Gasteiger partial charge in [-0.2, -0.15) is 11.6 Å². The average Bonchev–Trinajstić information content (AvgIpc) is 1.72. The molecule has 0 aliphatic carbocycles. The Morgan fingerprint density at radius 3 is 3.00 bits per heavy atom. The van der Waals surface area contributed by atoms with Gasteiger partial charge in [0.1, 0.15) is 0 Å². The van der Waals surface area contributed by atoms with Gasteiger partial charge in [0.25, 0.3) is 0 Å². The van der Waals surface area contributed by atoms with Crippen LogP contribution in [-0.4, -0.2) is 18.7 Å². The zero-order chi connectivity index (χ0) is 4.24. The fourth-order valence-electron chi connectivity index (χ4n) is 0.281. The highest BCUT2D eigenvalue weighted by Gasteiger charge is 1.91. The van der Waals surface area contributed by atoms with Gasteiger partial charge in [-0.3, -0.25) is 0 Å². The van der Waals surface area contributed by atoms with Gasteiger partial charge >= 0.3 is 6.69 Å². The minimum Gasteiger partial charge on any atom is -0.343 e. The monoisotopic (exact) mass is 97.0 g/mol. The fraction of sp³-hybridized carbons (Fsp3) is 0.333. The molecule has 1 aliphatic heterocycles. The first kappa shape index (κ1) is 4.25. The lowest BCUT2D eigenvalue weighted by atomic mass is 10.4. The molecule has 0 unspecified atom stereocenters. The summed E-state index contributed by atoms with van der Waals surface area (Å²) in [5, 5.41) is 0. The molecule has 1 aliphatic rings. The third kappa shape index (κ3) is 1.05. The fourth-order valence-corrected chi connectivity index (χ4v) is 0.720. The van der Waals surface area contributed by atoms with E-state index in [-0.39, 0.29) is 0 Å². The lowest BCUT2D eigenvalue weighted by Crippen LogP contribution is -1.93. The highest BCUT2D eigenvalue weighted by molar-refractivity contribution is 8.22. The van der Waals surface area contributed by atoms with E-state index >= 15 is 0 Å². The molecule has 3 heteroatoms. The molecule has 0 N–H and O–H groups in total. The van der Waals surface area contributed by atoms with Crippen LogP contribution in [0.4, 0.5) is 0 Å². The minimum absolute atomic E-state index is 1.09. The summed E-state index contributed by atoms with van der Waals surface area (Å²) in [4.78, 5) is 3.83. The van der Waals surface area contributed by atoms with E-state index in [9.17, 15) is 0 Å². The van der Waals surface area contributed by atoms with Crippen LogP contribution in [0.3, 0.4) is 0 Å². The van der Waals surface area contributed by atoms with Crippen molar-refractivity contribution < 1.29 is 0 Å². The molecule has 1 nitrogen and oxygen atoms in total. The number of rotatable bonds is 0. The van der Waals surface area contributed by atoms with Crippen LogP contribution in [0.25, 0.3) is 0 Å². The molecule has 0 bridgehead atoms. The molecule has 6 heavy (non-hydrogen) atoms. The second-order valence-electron chi connectivity index (χ2n) is 0.973. The van der Waals surface area contributed by atoms with Crippen LogP contribution >= 0.6 is 11.6 Å². The van der Waals surface area contributed by atoms with E-state index in [4.69, 9.17) is 0 Å². The highest BCUT2D eigenvalue weighted by Crippen LogP contribution is 2.01. The van der Waals surface area contributed by atoms with Crippen molar-refractivity contribution in [3.05, 3.63) is 6.42 Å². The molecule has 0 saturated carbocycles. The third-order valence-electron chi connectivity index (χ3n) is 0.519. The van der Waals surface area contributed by atoms with Crippen molar-refractivity contribution in [3.8, 4) is 0 Å². The molecule has 0 aromatic heterocycles. The molecule has 1 heterocycles. The SMILES string of the molecule is [B]1N=C[CH]CS1. The van der Waals surface area contributed by atoms with Crippen LogP contribution in [0.1, 0.15) is 0 Å². The quantitative estimate of drug-likeness (QED) is 0.402. The molecule has 1 rings (SSSR count). The van der Waals surface area contributed by atoms with Crippen molar-refractivity contribution >= 4 is 24.5 Å². The lowest BCUT2D eigenvalue weighted by molar-refractivity contribution is 1.66. The lowest BCUT2D eigenvalue weighted by Gasteiger charge is -1.95. The molecule has 0 spiro atoms. The van der Waals surface area contributed by atoms with Crippen molar-refractivity contribution in [1.29, 1.82) is 0 Å². The maximum absolute atomic E-state index is 3.83. The molecule has 0 aromatic carbocycles. The predicted molar refractivity (Wildman–Crippen MR) is 31.0 cm³/mol. The van der Waals surface area contributed by atoms with Crippen LogP contribution in [0.2, 0.25) is 0 Å².